The first-order valence-corrected chi connectivity index (χ1v) is 13.0. The van der Waals surface area contributed by atoms with Crippen LogP contribution in [0, 0.1) is 17.6 Å². The van der Waals surface area contributed by atoms with Gasteiger partial charge in [0.2, 0.25) is 15.9 Å². The zero-order valence-electron chi connectivity index (χ0n) is 19.0. The SMILES string of the molecule is CC(C)c1ccc(CN(C(=O)C2CCN(S(=O)(=O)c3ccc(F)c(F)c3)CC2)C2CC2)cc1. The lowest BCUT2D eigenvalue weighted by Crippen LogP contribution is -2.44. The summed E-state index contributed by atoms with van der Waals surface area (Å²) in [5, 5.41) is 0. The predicted molar refractivity (Wildman–Crippen MR) is 122 cm³/mol. The van der Waals surface area contributed by atoms with Crippen LogP contribution < -0.4 is 0 Å². The van der Waals surface area contributed by atoms with Crippen LogP contribution in [0.1, 0.15) is 56.6 Å². The maximum absolute atomic E-state index is 13.5. The molecule has 1 saturated carbocycles. The molecule has 178 valence electrons. The summed E-state index contributed by atoms with van der Waals surface area (Å²) in [6.45, 7) is 5.22. The van der Waals surface area contributed by atoms with Gasteiger partial charge in [0, 0.05) is 31.6 Å². The van der Waals surface area contributed by atoms with Crippen molar-refractivity contribution in [3.63, 3.8) is 0 Å². The van der Waals surface area contributed by atoms with Crippen molar-refractivity contribution in [3.05, 3.63) is 65.2 Å². The molecule has 5 nitrogen and oxygen atoms in total. The van der Waals surface area contributed by atoms with Crippen LogP contribution in [0.5, 0.6) is 0 Å². The number of hydrogen-bond acceptors (Lipinski definition) is 3. The van der Waals surface area contributed by atoms with E-state index in [2.05, 4.69) is 38.1 Å². The molecule has 33 heavy (non-hydrogen) atoms. The van der Waals surface area contributed by atoms with Crippen molar-refractivity contribution in [2.45, 2.75) is 62.9 Å². The summed E-state index contributed by atoms with van der Waals surface area (Å²) in [5.41, 5.74) is 2.36. The fourth-order valence-corrected chi connectivity index (χ4v) is 5.82. The third kappa shape index (κ3) is 5.27. The van der Waals surface area contributed by atoms with Crippen molar-refractivity contribution in [1.82, 2.24) is 9.21 Å². The molecular weight excluding hydrogens is 446 g/mol. The van der Waals surface area contributed by atoms with Gasteiger partial charge in [0.05, 0.1) is 4.90 Å². The van der Waals surface area contributed by atoms with E-state index in [1.54, 1.807) is 0 Å². The zero-order chi connectivity index (χ0) is 23.8. The van der Waals surface area contributed by atoms with E-state index >= 15 is 0 Å². The molecule has 2 aromatic rings. The lowest BCUT2D eigenvalue weighted by atomic mass is 9.96. The lowest BCUT2D eigenvalue weighted by molar-refractivity contribution is -0.138. The number of hydrogen-bond donors (Lipinski definition) is 0. The predicted octanol–water partition coefficient (Wildman–Crippen LogP) is 4.68. The molecule has 0 aromatic heterocycles. The topological polar surface area (TPSA) is 57.7 Å². The van der Waals surface area contributed by atoms with Crippen LogP contribution in [0.15, 0.2) is 47.4 Å². The highest BCUT2D eigenvalue weighted by Gasteiger charge is 2.38. The van der Waals surface area contributed by atoms with Gasteiger partial charge in [-0.2, -0.15) is 4.31 Å². The number of sulfonamides is 1. The Morgan fingerprint density at radius 3 is 2.18 bits per heavy atom. The second-order valence-electron chi connectivity index (χ2n) is 9.35. The number of piperidine rings is 1. The molecule has 1 aliphatic carbocycles. The lowest BCUT2D eigenvalue weighted by Gasteiger charge is -2.34. The van der Waals surface area contributed by atoms with Crippen molar-refractivity contribution in [1.29, 1.82) is 0 Å². The van der Waals surface area contributed by atoms with Crippen molar-refractivity contribution < 1.29 is 22.0 Å². The molecule has 0 N–H and O–H groups in total. The monoisotopic (exact) mass is 476 g/mol. The molecule has 8 heteroatoms. The van der Waals surface area contributed by atoms with Crippen LogP contribution in [-0.4, -0.2) is 42.7 Å². The molecule has 2 aliphatic rings. The molecule has 2 fully saturated rings. The number of carbonyl (C=O) groups excluding carboxylic acids is 1. The first-order chi connectivity index (χ1) is 15.7. The van der Waals surface area contributed by atoms with E-state index in [0.29, 0.717) is 31.4 Å². The molecule has 1 amide bonds. The Bertz CT molecular complexity index is 1110. The van der Waals surface area contributed by atoms with E-state index in [1.807, 2.05) is 4.90 Å². The number of carbonyl (C=O) groups is 1. The van der Waals surface area contributed by atoms with Gasteiger partial charge in [-0.1, -0.05) is 38.1 Å². The Labute approximate surface area is 194 Å². The van der Waals surface area contributed by atoms with E-state index in [-0.39, 0.29) is 35.9 Å². The molecular formula is C25H30F2N2O3S. The standard InChI is InChI=1S/C25H30F2N2O3S/c1-17(2)19-5-3-18(4-6-19)16-29(21-7-8-21)25(30)20-11-13-28(14-12-20)33(31,32)22-9-10-23(26)24(27)15-22/h3-6,9-10,15,17,20-21H,7-8,11-14,16H2,1-2H3. The van der Waals surface area contributed by atoms with E-state index < -0.39 is 21.7 Å². The summed E-state index contributed by atoms with van der Waals surface area (Å²) < 4.78 is 53.7. The average Bonchev–Trinajstić information content (AvgIpc) is 3.64. The minimum atomic E-state index is -3.93. The number of amides is 1. The van der Waals surface area contributed by atoms with Crippen LogP contribution in [0.25, 0.3) is 0 Å². The maximum Gasteiger partial charge on any atom is 0.243 e. The Hall–Kier alpha value is -2.32. The van der Waals surface area contributed by atoms with Gasteiger partial charge in [-0.05, 0) is 60.9 Å². The highest BCUT2D eigenvalue weighted by Crippen LogP contribution is 2.33. The Balaban J connectivity index is 1.40. The first-order valence-electron chi connectivity index (χ1n) is 11.5. The fraction of sp³-hybridized carbons (Fsp3) is 0.480. The molecule has 0 bridgehead atoms. The van der Waals surface area contributed by atoms with Crippen LogP contribution in [0.2, 0.25) is 0 Å². The van der Waals surface area contributed by atoms with Crippen LogP contribution in [0.3, 0.4) is 0 Å². The molecule has 1 aliphatic heterocycles. The third-order valence-electron chi connectivity index (χ3n) is 6.60. The largest absolute Gasteiger partial charge is 0.335 e. The minimum absolute atomic E-state index is 0.0790. The van der Waals surface area contributed by atoms with Gasteiger partial charge in [0.15, 0.2) is 11.6 Å². The second-order valence-corrected chi connectivity index (χ2v) is 11.3. The molecule has 4 rings (SSSR count). The van der Waals surface area contributed by atoms with Gasteiger partial charge in [0.25, 0.3) is 0 Å². The van der Waals surface area contributed by atoms with E-state index in [1.165, 1.54) is 9.87 Å². The minimum Gasteiger partial charge on any atom is -0.335 e. The smallest absolute Gasteiger partial charge is 0.243 e. The number of benzene rings is 2. The summed E-state index contributed by atoms with van der Waals surface area (Å²) in [6.07, 6.45) is 2.83. The summed E-state index contributed by atoms with van der Waals surface area (Å²) in [4.78, 5) is 15.0. The van der Waals surface area contributed by atoms with Crippen molar-refractivity contribution >= 4 is 15.9 Å². The quantitative estimate of drug-likeness (QED) is 0.583. The molecule has 2 aromatic carbocycles. The van der Waals surface area contributed by atoms with Gasteiger partial charge < -0.3 is 4.90 Å². The van der Waals surface area contributed by atoms with E-state index in [4.69, 9.17) is 0 Å². The highest BCUT2D eigenvalue weighted by atomic mass is 32.2. The molecule has 0 unspecified atom stereocenters. The van der Waals surface area contributed by atoms with E-state index in [9.17, 15) is 22.0 Å². The first kappa shape index (κ1) is 23.8. The van der Waals surface area contributed by atoms with Gasteiger partial charge in [-0.15, -0.1) is 0 Å². The van der Waals surface area contributed by atoms with Crippen LogP contribution >= 0.6 is 0 Å². The maximum atomic E-state index is 13.5. The zero-order valence-corrected chi connectivity index (χ0v) is 19.8. The highest BCUT2D eigenvalue weighted by molar-refractivity contribution is 7.89. The fourth-order valence-electron chi connectivity index (χ4n) is 4.34. The van der Waals surface area contributed by atoms with Crippen molar-refractivity contribution in [2.24, 2.45) is 5.92 Å². The third-order valence-corrected chi connectivity index (χ3v) is 8.50. The summed E-state index contributed by atoms with van der Waals surface area (Å²) in [6, 6.07) is 11.2. The summed E-state index contributed by atoms with van der Waals surface area (Å²) in [7, 11) is -3.93. The van der Waals surface area contributed by atoms with Gasteiger partial charge in [-0.25, -0.2) is 17.2 Å². The number of halogens is 2. The molecule has 0 atom stereocenters. The second kappa shape index (κ2) is 9.50. The molecule has 0 spiro atoms. The molecule has 1 saturated heterocycles. The normalized spacial score (nSPS) is 18.0. The molecule has 1 heterocycles. The average molecular weight is 477 g/mol. The summed E-state index contributed by atoms with van der Waals surface area (Å²) in [5.74, 6) is -1.99. The van der Waals surface area contributed by atoms with Crippen LogP contribution in [-0.2, 0) is 21.4 Å². The number of nitrogens with zero attached hydrogens (tertiary/aromatic N) is 2. The summed E-state index contributed by atoms with van der Waals surface area (Å²) >= 11 is 0. The van der Waals surface area contributed by atoms with Crippen LogP contribution in [0.4, 0.5) is 8.78 Å². The van der Waals surface area contributed by atoms with Gasteiger partial charge >= 0.3 is 0 Å². The van der Waals surface area contributed by atoms with Gasteiger partial charge in [0.1, 0.15) is 0 Å². The Morgan fingerprint density at radius 1 is 1.00 bits per heavy atom. The van der Waals surface area contributed by atoms with Gasteiger partial charge in [-0.3, -0.25) is 4.79 Å². The Morgan fingerprint density at radius 2 is 1.64 bits per heavy atom. The van der Waals surface area contributed by atoms with E-state index in [0.717, 1.165) is 30.5 Å². The van der Waals surface area contributed by atoms with Crippen molar-refractivity contribution in [3.8, 4) is 0 Å². The van der Waals surface area contributed by atoms with Crippen molar-refractivity contribution in [2.75, 3.05) is 13.1 Å². The number of rotatable bonds is 7. The Kier molecular flexibility index (Phi) is 6.86. The molecule has 0 radical (unpaired) electrons.